The third kappa shape index (κ3) is 4.10. The van der Waals surface area contributed by atoms with Crippen LogP contribution in [0.5, 0.6) is 0 Å². The highest BCUT2D eigenvalue weighted by atomic mass is 32.2. The highest BCUT2D eigenvalue weighted by molar-refractivity contribution is 7.89. The average Bonchev–Trinajstić information content (AvgIpc) is 2.93. The molecule has 152 valence electrons. The summed E-state index contributed by atoms with van der Waals surface area (Å²) < 4.78 is 43.4. The summed E-state index contributed by atoms with van der Waals surface area (Å²) in [7, 11) is -1.93. The Kier molecular flexibility index (Phi) is 5.85. The van der Waals surface area contributed by atoms with Gasteiger partial charge < -0.3 is 4.90 Å². The minimum absolute atomic E-state index is 0.0733. The Hall–Kier alpha value is -2.26. The summed E-state index contributed by atoms with van der Waals surface area (Å²) in [6.45, 7) is 4.66. The standard InChI is InChI=1S/C19H25FN4O3S/c1-13-18(14(2)23(3)22-13)28(26,27)21-12-15-8-10-24(11-9-15)19(25)16-6-4-5-7-17(16)20/h4-7,15,21H,8-12H2,1-3H3. The maximum absolute atomic E-state index is 13.8. The number of rotatable bonds is 5. The monoisotopic (exact) mass is 408 g/mol. The van der Waals surface area contributed by atoms with Crippen molar-refractivity contribution in [2.24, 2.45) is 13.0 Å². The lowest BCUT2D eigenvalue weighted by Crippen LogP contribution is -2.41. The van der Waals surface area contributed by atoms with Crippen molar-refractivity contribution in [3.05, 3.63) is 47.0 Å². The summed E-state index contributed by atoms with van der Waals surface area (Å²) in [5, 5.41) is 4.16. The number of nitrogens with one attached hydrogen (secondary N) is 1. The van der Waals surface area contributed by atoms with Gasteiger partial charge in [0, 0.05) is 26.7 Å². The molecule has 0 atom stereocenters. The fourth-order valence-corrected chi connectivity index (χ4v) is 5.14. The van der Waals surface area contributed by atoms with Crippen LogP contribution < -0.4 is 4.72 Å². The topological polar surface area (TPSA) is 84.3 Å². The van der Waals surface area contributed by atoms with Crippen molar-refractivity contribution in [1.82, 2.24) is 19.4 Å². The molecule has 1 N–H and O–H groups in total. The molecule has 2 heterocycles. The first-order chi connectivity index (χ1) is 13.2. The number of amides is 1. The molecule has 1 saturated heterocycles. The molecule has 0 aliphatic carbocycles. The van der Waals surface area contributed by atoms with Gasteiger partial charge >= 0.3 is 0 Å². The van der Waals surface area contributed by atoms with Crippen LogP contribution in [0.25, 0.3) is 0 Å². The number of sulfonamides is 1. The zero-order valence-corrected chi connectivity index (χ0v) is 17.1. The minimum Gasteiger partial charge on any atom is -0.339 e. The molecule has 1 aliphatic rings. The largest absolute Gasteiger partial charge is 0.339 e. The van der Waals surface area contributed by atoms with E-state index in [1.54, 1.807) is 42.6 Å². The predicted molar refractivity (Wildman–Crippen MR) is 103 cm³/mol. The van der Waals surface area contributed by atoms with Crippen molar-refractivity contribution < 1.29 is 17.6 Å². The second-order valence-corrected chi connectivity index (χ2v) is 8.89. The fourth-order valence-electron chi connectivity index (χ4n) is 3.59. The number of piperidine rings is 1. The van der Waals surface area contributed by atoms with E-state index in [-0.39, 0.29) is 22.3 Å². The zero-order chi connectivity index (χ0) is 20.5. The molecule has 1 amide bonds. The van der Waals surface area contributed by atoms with Gasteiger partial charge in [0.1, 0.15) is 10.7 Å². The van der Waals surface area contributed by atoms with Gasteiger partial charge in [-0.05, 0) is 44.7 Å². The van der Waals surface area contributed by atoms with Gasteiger partial charge in [-0.3, -0.25) is 9.48 Å². The molecule has 1 fully saturated rings. The number of carbonyl (C=O) groups excluding carboxylic acids is 1. The molecule has 1 aromatic carbocycles. The third-order valence-electron chi connectivity index (χ3n) is 5.28. The highest BCUT2D eigenvalue weighted by Gasteiger charge is 2.28. The normalized spacial score (nSPS) is 15.8. The van der Waals surface area contributed by atoms with Crippen LogP contribution in [0.1, 0.15) is 34.6 Å². The number of halogens is 1. The highest BCUT2D eigenvalue weighted by Crippen LogP contribution is 2.22. The van der Waals surface area contributed by atoms with E-state index in [9.17, 15) is 17.6 Å². The van der Waals surface area contributed by atoms with Crippen molar-refractivity contribution >= 4 is 15.9 Å². The molecule has 3 rings (SSSR count). The lowest BCUT2D eigenvalue weighted by atomic mass is 9.96. The number of nitrogens with zero attached hydrogens (tertiary/aromatic N) is 3. The molecule has 0 saturated carbocycles. The summed E-state index contributed by atoms with van der Waals surface area (Å²) >= 11 is 0. The van der Waals surface area contributed by atoms with Crippen molar-refractivity contribution in [2.75, 3.05) is 19.6 Å². The second-order valence-electron chi connectivity index (χ2n) is 7.19. The van der Waals surface area contributed by atoms with Crippen LogP contribution in [0, 0.1) is 25.6 Å². The maximum atomic E-state index is 13.8. The van der Waals surface area contributed by atoms with Gasteiger partial charge in [-0.15, -0.1) is 0 Å². The first-order valence-electron chi connectivity index (χ1n) is 9.24. The Morgan fingerprint density at radius 2 is 1.89 bits per heavy atom. The molecule has 0 radical (unpaired) electrons. The number of aryl methyl sites for hydroxylation is 2. The Balaban J connectivity index is 1.57. The summed E-state index contributed by atoms with van der Waals surface area (Å²) in [5.74, 6) is -0.722. The van der Waals surface area contributed by atoms with Gasteiger partial charge in [-0.1, -0.05) is 12.1 Å². The molecule has 1 aliphatic heterocycles. The smallest absolute Gasteiger partial charge is 0.256 e. The van der Waals surface area contributed by atoms with Crippen LogP contribution in [0.15, 0.2) is 29.2 Å². The predicted octanol–water partition coefficient (Wildman–Crippen LogP) is 2.01. The Labute approximate surface area is 164 Å². The number of hydrogen-bond donors (Lipinski definition) is 1. The number of benzene rings is 1. The average molecular weight is 408 g/mol. The Bertz CT molecular complexity index is 979. The van der Waals surface area contributed by atoms with Gasteiger partial charge in [-0.2, -0.15) is 5.10 Å². The SMILES string of the molecule is Cc1nn(C)c(C)c1S(=O)(=O)NCC1CCN(C(=O)c2ccccc2F)CC1. The van der Waals surface area contributed by atoms with Gasteiger partial charge in [0.05, 0.1) is 17.0 Å². The number of hydrogen-bond acceptors (Lipinski definition) is 4. The fraction of sp³-hybridized carbons (Fsp3) is 0.474. The molecule has 2 aromatic rings. The Morgan fingerprint density at radius 1 is 1.25 bits per heavy atom. The lowest BCUT2D eigenvalue weighted by Gasteiger charge is -2.32. The van der Waals surface area contributed by atoms with Gasteiger partial charge in [0.25, 0.3) is 5.91 Å². The molecule has 1 aromatic heterocycles. The molecular weight excluding hydrogens is 383 g/mol. The van der Waals surface area contributed by atoms with Crippen LogP contribution >= 0.6 is 0 Å². The molecule has 0 spiro atoms. The molecule has 0 bridgehead atoms. The summed E-state index contributed by atoms with van der Waals surface area (Å²) in [4.78, 5) is 14.3. The maximum Gasteiger partial charge on any atom is 0.256 e. The number of likely N-dealkylation sites (tertiary alicyclic amines) is 1. The van der Waals surface area contributed by atoms with Crippen LogP contribution in [0.4, 0.5) is 4.39 Å². The van der Waals surface area contributed by atoms with Crippen LogP contribution in [0.3, 0.4) is 0 Å². The van der Waals surface area contributed by atoms with Crippen molar-refractivity contribution in [2.45, 2.75) is 31.6 Å². The van der Waals surface area contributed by atoms with E-state index in [1.165, 1.54) is 12.1 Å². The van der Waals surface area contributed by atoms with Crippen molar-refractivity contribution in [3.63, 3.8) is 0 Å². The molecule has 9 heteroatoms. The lowest BCUT2D eigenvalue weighted by molar-refractivity contribution is 0.0687. The van der Waals surface area contributed by atoms with Gasteiger partial charge in [0.2, 0.25) is 10.0 Å². The van der Waals surface area contributed by atoms with E-state index in [0.717, 1.165) is 0 Å². The molecular formula is C19H25FN4O3S. The van der Waals surface area contributed by atoms with Crippen LogP contribution in [-0.2, 0) is 17.1 Å². The van der Waals surface area contributed by atoms with Crippen LogP contribution in [0.2, 0.25) is 0 Å². The van der Waals surface area contributed by atoms with E-state index < -0.39 is 15.8 Å². The van der Waals surface area contributed by atoms with Crippen LogP contribution in [-0.4, -0.2) is 48.6 Å². The first-order valence-corrected chi connectivity index (χ1v) is 10.7. The first kappa shape index (κ1) is 20.5. The van der Waals surface area contributed by atoms with E-state index in [0.29, 0.717) is 43.9 Å². The molecule has 7 nitrogen and oxygen atoms in total. The second kappa shape index (κ2) is 8.00. The minimum atomic E-state index is -3.64. The van der Waals surface area contributed by atoms with Crippen molar-refractivity contribution in [1.29, 1.82) is 0 Å². The van der Waals surface area contributed by atoms with Gasteiger partial charge in [0.15, 0.2) is 0 Å². The van der Waals surface area contributed by atoms with Crippen molar-refractivity contribution in [3.8, 4) is 0 Å². The van der Waals surface area contributed by atoms with E-state index in [4.69, 9.17) is 0 Å². The zero-order valence-electron chi connectivity index (χ0n) is 16.3. The molecule has 0 unspecified atom stereocenters. The van der Waals surface area contributed by atoms with Gasteiger partial charge in [-0.25, -0.2) is 17.5 Å². The number of aromatic nitrogens is 2. The quantitative estimate of drug-likeness (QED) is 0.820. The summed E-state index contributed by atoms with van der Waals surface area (Å²) in [5.41, 5.74) is 1.14. The summed E-state index contributed by atoms with van der Waals surface area (Å²) in [6, 6.07) is 5.95. The van der Waals surface area contributed by atoms with E-state index in [2.05, 4.69) is 9.82 Å². The van der Waals surface area contributed by atoms with E-state index >= 15 is 0 Å². The van der Waals surface area contributed by atoms with E-state index in [1.807, 2.05) is 0 Å². The summed E-state index contributed by atoms with van der Waals surface area (Å²) in [6.07, 6.45) is 1.32. The Morgan fingerprint density at radius 3 is 2.46 bits per heavy atom. The number of carbonyl (C=O) groups is 1. The third-order valence-corrected chi connectivity index (χ3v) is 6.95. The molecule has 28 heavy (non-hydrogen) atoms.